The van der Waals surface area contributed by atoms with Crippen molar-refractivity contribution in [2.75, 3.05) is 13.1 Å². The van der Waals surface area contributed by atoms with Crippen LogP contribution in [0.5, 0.6) is 0 Å². The average Bonchev–Trinajstić information content (AvgIpc) is 2.71. The van der Waals surface area contributed by atoms with Gasteiger partial charge in [-0.25, -0.2) is 0 Å². The van der Waals surface area contributed by atoms with Gasteiger partial charge in [0.05, 0.1) is 0 Å². The Morgan fingerprint density at radius 1 is 1.39 bits per heavy atom. The molecule has 2 N–H and O–H groups in total. The highest BCUT2D eigenvalue weighted by atomic mass is 16.4. The van der Waals surface area contributed by atoms with Crippen LogP contribution in [0.3, 0.4) is 0 Å². The molecule has 0 aromatic rings. The summed E-state index contributed by atoms with van der Waals surface area (Å²) in [4.78, 5) is 13.6. The molecule has 1 saturated heterocycles. The summed E-state index contributed by atoms with van der Waals surface area (Å²) in [6.07, 6.45) is 3.20. The molecule has 18 heavy (non-hydrogen) atoms. The summed E-state index contributed by atoms with van der Waals surface area (Å²) in [5.41, 5.74) is 0. The number of rotatable bonds is 7. The lowest BCUT2D eigenvalue weighted by atomic mass is 10.0. The molecule has 0 aromatic carbocycles. The van der Waals surface area contributed by atoms with Crippen molar-refractivity contribution in [2.45, 2.75) is 65.1 Å². The van der Waals surface area contributed by atoms with Crippen molar-refractivity contribution < 1.29 is 9.90 Å². The number of hydrogen-bond acceptors (Lipinski definition) is 3. The minimum atomic E-state index is -0.732. The molecular formula is C14H28N2O2. The first-order valence-corrected chi connectivity index (χ1v) is 7.14. The van der Waals surface area contributed by atoms with E-state index in [-0.39, 0.29) is 6.04 Å². The number of nitrogens with zero attached hydrogens (tertiary/aromatic N) is 1. The van der Waals surface area contributed by atoms with Gasteiger partial charge in [-0.05, 0) is 31.7 Å². The molecule has 1 aliphatic heterocycles. The molecule has 1 rings (SSSR count). The molecule has 1 aliphatic rings. The van der Waals surface area contributed by atoms with Gasteiger partial charge in [0, 0.05) is 18.6 Å². The SMILES string of the molecule is CC(C)NC(CCN1CCCC1C(C)C)C(=O)O. The molecule has 1 fully saturated rings. The van der Waals surface area contributed by atoms with E-state index in [9.17, 15) is 9.90 Å². The molecule has 0 radical (unpaired) electrons. The van der Waals surface area contributed by atoms with Crippen molar-refractivity contribution in [3.8, 4) is 0 Å². The number of carboxylic acids is 1. The lowest BCUT2D eigenvalue weighted by Crippen LogP contribution is -2.44. The zero-order valence-corrected chi connectivity index (χ0v) is 12.1. The fourth-order valence-corrected chi connectivity index (χ4v) is 2.86. The molecule has 2 unspecified atom stereocenters. The molecule has 0 aromatic heterocycles. The first kappa shape index (κ1) is 15.4. The topological polar surface area (TPSA) is 52.6 Å². The third kappa shape index (κ3) is 4.58. The van der Waals surface area contributed by atoms with Crippen molar-refractivity contribution in [3.05, 3.63) is 0 Å². The van der Waals surface area contributed by atoms with E-state index < -0.39 is 12.0 Å². The van der Waals surface area contributed by atoms with Gasteiger partial charge < -0.3 is 15.3 Å². The van der Waals surface area contributed by atoms with Crippen LogP contribution in [0.25, 0.3) is 0 Å². The van der Waals surface area contributed by atoms with Crippen molar-refractivity contribution in [1.82, 2.24) is 10.2 Å². The summed E-state index contributed by atoms with van der Waals surface area (Å²) in [6, 6.07) is 0.433. The quantitative estimate of drug-likeness (QED) is 0.731. The Morgan fingerprint density at radius 3 is 2.56 bits per heavy atom. The first-order valence-electron chi connectivity index (χ1n) is 7.14. The van der Waals surface area contributed by atoms with E-state index in [1.54, 1.807) is 0 Å². The molecule has 2 atom stereocenters. The highest BCUT2D eigenvalue weighted by molar-refractivity contribution is 5.73. The smallest absolute Gasteiger partial charge is 0.320 e. The van der Waals surface area contributed by atoms with Gasteiger partial charge in [-0.1, -0.05) is 27.7 Å². The summed E-state index contributed by atoms with van der Waals surface area (Å²) in [6.45, 7) is 10.5. The van der Waals surface area contributed by atoms with Gasteiger partial charge in [0.15, 0.2) is 0 Å². The van der Waals surface area contributed by atoms with Gasteiger partial charge >= 0.3 is 5.97 Å². The van der Waals surface area contributed by atoms with Gasteiger partial charge in [0.25, 0.3) is 0 Å². The van der Waals surface area contributed by atoms with Crippen molar-refractivity contribution in [3.63, 3.8) is 0 Å². The molecule has 0 bridgehead atoms. The van der Waals surface area contributed by atoms with E-state index in [0.29, 0.717) is 18.4 Å². The van der Waals surface area contributed by atoms with Crippen molar-refractivity contribution in [1.29, 1.82) is 0 Å². The van der Waals surface area contributed by atoms with Crippen LogP contribution < -0.4 is 5.32 Å². The van der Waals surface area contributed by atoms with Gasteiger partial charge in [0.1, 0.15) is 6.04 Å². The Balaban J connectivity index is 2.44. The standard InChI is InChI=1S/C14H28N2O2/c1-10(2)13-6-5-8-16(13)9-7-12(14(17)18)15-11(3)4/h10-13,15H,5-9H2,1-4H3,(H,17,18). The highest BCUT2D eigenvalue weighted by Gasteiger charge is 2.28. The lowest BCUT2D eigenvalue weighted by molar-refractivity contribution is -0.140. The van der Waals surface area contributed by atoms with Gasteiger partial charge in [-0.15, -0.1) is 0 Å². The fourth-order valence-electron chi connectivity index (χ4n) is 2.86. The normalized spacial score (nSPS) is 22.9. The van der Waals surface area contributed by atoms with Crippen molar-refractivity contribution >= 4 is 5.97 Å². The Morgan fingerprint density at radius 2 is 2.06 bits per heavy atom. The third-order valence-corrected chi connectivity index (χ3v) is 3.72. The molecule has 1 heterocycles. The van der Waals surface area contributed by atoms with Crippen LogP contribution in [0.4, 0.5) is 0 Å². The van der Waals surface area contributed by atoms with Crippen LogP contribution >= 0.6 is 0 Å². The Bertz CT molecular complexity index is 267. The second-order valence-electron chi connectivity index (χ2n) is 5.99. The summed E-state index contributed by atoms with van der Waals surface area (Å²) in [5.74, 6) is -0.0715. The number of carboxylic acid groups (broad SMARTS) is 1. The largest absolute Gasteiger partial charge is 0.480 e. The zero-order valence-electron chi connectivity index (χ0n) is 12.1. The number of hydrogen-bond donors (Lipinski definition) is 2. The lowest BCUT2D eigenvalue weighted by Gasteiger charge is -2.29. The molecule has 106 valence electrons. The Labute approximate surface area is 111 Å². The van der Waals surface area contributed by atoms with Crippen LogP contribution in [-0.2, 0) is 4.79 Å². The maximum Gasteiger partial charge on any atom is 0.320 e. The average molecular weight is 256 g/mol. The molecular weight excluding hydrogens is 228 g/mol. The van der Waals surface area contributed by atoms with E-state index >= 15 is 0 Å². The predicted octanol–water partition coefficient (Wildman–Crippen LogP) is 1.95. The molecule has 0 spiro atoms. The molecule has 4 nitrogen and oxygen atoms in total. The third-order valence-electron chi connectivity index (χ3n) is 3.72. The maximum atomic E-state index is 11.2. The van der Waals surface area contributed by atoms with Gasteiger partial charge in [-0.2, -0.15) is 0 Å². The summed E-state index contributed by atoms with van der Waals surface area (Å²) in [5, 5.41) is 12.3. The van der Waals surface area contributed by atoms with E-state index in [1.165, 1.54) is 12.8 Å². The summed E-state index contributed by atoms with van der Waals surface area (Å²) < 4.78 is 0. The predicted molar refractivity (Wildman–Crippen MR) is 73.7 cm³/mol. The van der Waals surface area contributed by atoms with Gasteiger partial charge in [0.2, 0.25) is 0 Å². The second-order valence-corrected chi connectivity index (χ2v) is 5.99. The number of aliphatic carboxylic acids is 1. The van der Waals surface area contributed by atoms with E-state index in [4.69, 9.17) is 0 Å². The maximum absolute atomic E-state index is 11.2. The highest BCUT2D eigenvalue weighted by Crippen LogP contribution is 2.23. The Kier molecular flexibility index (Phi) is 6.09. The minimum Gasteiger partial charge on any atom is -0.480 e. The van der Waals surface area contributed by atoms with Crippen LogP contribution in [0.2, 0.25) is 0 Å². The van der Waals surface area contributed by atoms with E-state index in [1.807, 2.05) is 13.8 Å². The number of nitrogens with one attached hydrogen (secondary N) is 1. The number of carbonyl (C=O) groups is 1. The van der Waals surface area contributed by atoms with Gasteiger partial charge in [-0.3, -0.25) is 4.79 Å². The molecule has 4 heteroatoms. The van der Waals surface area contributed by atoms with Crippen LogP contribution in [-0.4, -0.2) is 47.2 Å². The Hall–Kier alpha value is -0.610. The summed E-state index contributed by atoms with van der Waals surface area (Å²) >= 11 is 0. The van der Waals surface area contributed by atoms with Crippen molar-refractivity contribution in [2.24, 2.45) is 5.92 Å². The molecule has 0 aliphatic carbocycles. The van der Waals surface area contributed by atoms with E-state index in [2.05, 4.69) is 24.1 Å². The fraction of sp³-hybridized carbons (Fsp3) is 0.929. The zero-order chi connectivity index (χ0) is 13.7. The first-order chi connectivity index (χ1) is 8.41. The monoisotopic (exact) mass is 256 g/mol. The number of likely N-dealkylation sites (tertiary alicyclic amines) is 1. The minimum absolute atomic E-state index is 0.213. The van der Waals surface area contributed by atoms with E-state index in [0.717, 1.165) is 13.1 Å². The molecule has 0 amide bonds. The van der Waals surface area contributed by atoms with Crippen LogP contribution in [0.15, 0.2) is 0 Å². The molecule has 0 saturated carbocycles. The van der Waals surface area contributed by atoms with Crippen LogP contribution in [0.1, 0.15) is 47.0 Å². The summed E-state index contributed by atoms with van der Waals surface area (Å²) in [7, 11) is 0. The second kappa shape index (κ2) is 7.10. The van der Waals surface area contributed by atoms with Crippen LogP contribution in [0, 0.1) is 5.92 Å².